The van der Waals surface area contributed by atoms with E-state index in [1.807, 2.05) is 0 Å². The number of ether oxygens (including phenoxy) is 1. The van der Waals surface area contributed by atoms with Gasteiger partial charge < -0.3 is 9.72 Å². The molecule has 1 aromatic heterocycles. The minimum Gasteiger partial charge on any atom is -0.469 e. The van der Waals surface area contributed by atoms with E-state index in [0.29, 0.717) is 12.0 Å². The number of H-pyrrole nitrogens is 1. The fourth-order valence-corrected chi connectivity index (χ4v) is 4.96. The summed E-state index contributed by atoms with van der Waals surface area (Å²) in [5, 5.41) is 1.41. The van der Waals surface area contributed by atoms with Crippen LogP contribution in [-0.4, -0.2) is 42.1 Å². The van der Waals surface area contributed by atoms with Crippen molar-refractivity contribution in [1.82, 2.24) is 9.88 Å². The van der Waals surface area contributed by atoms with E-state index in [9.17, 15) is 4.79 Å². The maximum atomic E-state index is 12.2. The van der Waals surface area contributed by atoms with Crippen LogP contribution in [0.1, 0.15) is 43.0 Å². The zero-order valence-corrected chi connectivity index (χ0v) is 14.8. The Morgan fingerprint density at radius 3 is 2.92 bits per heavy atom. The first-order valence-electron chi connectivity index (χ1n) is 9.12. The van der Waals surface area contributed by atoms with Crippen LogP contribution in [-0.2, 0) is 22.4 Å². The molecule has 2 aromatic rings. The van der Waals surface area contributed by atoms with Gasteiger partial charge in [-0.15, -0.1) is 0 Å². The van der Waals surface area contributed by atoms with Crippen LogP contribution in [0, 0.1) is 5.92 Å². The van der Waals surface area contributed by atoms with E-state index in [2.05, 4.69) is 41.9 Å². The van der Waals surface area contributed by atoms with E-state index in [0.717, 1.165) is 32.4 Å². The number of methoxy groups -OCH3 is 1. The summed E-state index contributed by atoms with van der Waals surface area (Å²) in [5.41, 5.74) is 5.55. The van der Waals surface area contributed by atoms with Crippen LogP contribution in [0.25, 0.3) is 10.9 Å². The highest BCUT2D eigenvalue weighted by atomic mass is 16.5. The molecule has 0 spiro atoms. The fourth-order valence-electron chi connectivity index (χ4n) is 4.96. The van der Waals surface area contributed by atoms with Crippen molar-refractivity contribution in [2.45, 2.75) is 45.1 Å². The molecule has 1 aliphatic carbocycles. The van der Waals surface area contributed by atoms with Crippen LogP contribution >= 0.6 is 0 Å². The Hall–Kier alpha value is -1.81. The second-order valence-corrected chi connectivity index (χ2v) is 7.13. The monoisotopic (exact) mass is 326 g/mol. The Labute approximate surface area is 143 Å². The third-order valence-electron chi connectivity index (χ3n) is 6.08. The van der Waals surface area contributed by atoms with Gasteiger partial charge in [0, 0.05) is 35.1 Å². The third kappa shape index (κ3) is 2.20. The molecule has 3 atom stereocenters. The van der Waals surface area contributed by atoms with E-state index in [1.54, 1.807) is 0 Å². The van der Waals surface area contributed by atoms with E-state index in [1.165, 1.54) is 34.8 Å². The van der Waals surface area contributed by atoms with Gasteiger partial charge in [-0.3, -0.25) is 9.69 Å². The summed E-state index contributed by atoms with van der Waals surface area (Å²) in [5.74, 6) is 0.338. The van der Waals surface area contributed by atoms with Gasteiger partial charge >= 0.3 is 5.97 Å². The number of hydrogen-bond donors (Lipinski definition) is 1. The first kappa shape index (κ1) is 15.7. The highest BCUT2D eigenvalue weighted by Crippen LogP contribution is 2.45. The summed E-state index contributed by atoms with van der Waals surface area (Å²) >= 11 is 0. The van der Waals surface area contributed by atoms with E-state index >= 15 is 0 Å². The predicted octanol–water partition coefficient (Wildman–Crippen LogP) is 3.25. The molecule has 0 radical (unpaired) electrons. The van der Waals surface area contributed by atoms with Crippen molar-refractivity contribution in [3.05, 3.63) is 35.0 Å². The lowest BCUT2D eigenvalue weighted by molar-refractivity contribution is -0.148. The standard InChI is InChI=1S/C20H26N2O2/c1-4-16-15-10-18-14(13-7-6-8-17(21-16)19(13)15)9-12(20(23)24-3)11-22(18)5-2/h6-8,12,14,18,21H,4-5,9-11H2,1-3H3/t12-,14-,18-/m1/s1. The topological polar surface area (TPSA) is 45.3 Å². The number of aromatic amines is 1. The second-order valence-electron chi connectivity index (χ2n) is 7.13. The van der Waals surface area contributed by atoms with Gasteiger partial charge in [0.2, 0.25) is 0 Å². The quantitative estimate of drug-likeness (QED) is 0.881. The number of nitrogens with zero attached hydrogens (tertiary/aromatic N) is 1. The maximum Gasteiger partial charge on any atom is 0.309 e. The number of fused-ring (bicyclic) bond motifs is 2. The third-order valence-corrected chi connectivity index (χ3v) is 6.08. The van der Waals surface area contributed by atoms with Crippen molar-refractivity contribution in [2.24, 2.45) is 5.92 Å². The molecule has 1 N–H and O–H groups in total. The lowest BCUT2D eigenvalue weighted by atomic mass is 9.72. The van der Waals surface area contributed by atoms with Crippen molar-refractivity contribution >= 4 is 16.9 Å². The van der Waals surface area contributed by atoms with Crippen molar-refractivity contribution in [1.29, 1.82) is 0 Å². The fraction of sp³-hybridized carbons (Fsp3) is 0.550. The molecular formula is C20H26N2O2. The molecule has 0 unspecified atom stereocenters. The van der Waals surface area contributed by atoms with Gasteiger partial charge in [0.05, 0.1) is 13.0 Å². The van der Waals surface area contributed by atoms with E-state index < -0.39 is 0 Å². The first-order chi connectivity index (χ1) is 11.7. The Balaban J connectivity index is 1.83. The van der Waals surface area contributed by atoms with E-state index in [-0.39, 0.29) is 11.9 Å². The van der Waals surface area contributed by atoms with Crippen LogP contribution in [0.2, 0.25) is 0 Å². The number of hydrogen-bond acceptors (Lipinski definition) is 3. The number of likely N-dealkylation sites (N-methyl/N-ethyl adjacent to an activating group) is 1. The number of esters is 1. The van der Waals surface area contributed by atoms with Crippen LogP contribution in [0.3, 0.4) is 0 Å². The Kier molecular flexibility index (Phi) is 3.87. The molecule has 1 fully saturated rings. The molecule has 2 aliphatic rings. The minimum atomic E-state index is -0.0619. The number of likely N-dealkylation sites (tertiary alicyclic amines) is 1. The van der Waals surface area contributed by atoms with Crippen LogP contribution in [0.5, 0.6) is 0 Å². The average Bonchev–Trinajstić information content (AvgIpc) is 2.99. The number of carbonyl (C=O) groups excluding carboxylic acids is 1. The van der Waals surface area contributed by atoms with Crippen LogP contribution in [0.4, 0.5) is 0 Å². The number of nitrogens with one attached hydrogen (secondary N) is 1. The number of benzene rings is 1. The lowest BCUT2D eigenvalue weighted by Crippen LogP contribution is -2.51. The van der Waals surface area contributed by atoms with Gasteiger partial charge in [-0.2, -0.15) is 0 Å². The van der Waals surface area contributed by atoms with Crippen molar-refractivity contribution in [3.63, 3.8) is 0 Å². The molecule has 0 saturated carbocycles. The van der Waals surface area contributed by atoms with Gasteiger partial charge in [0.15, 0.2) is 0 Å². The smallest absolute Gasteiger partial charge is 0.309 e. The Bertz CT molecular complexity index is 779. The van der Waals surface area contributed by atoms with Crippen molar-refractivity contribution in [3.8, 4) is 0 Å². The number of aromatic nitrogens is 1. The summed E-state index contributed by atoms with van der Waals surface area (Å²) in [4.78, 5) is 18.3. The number of piperidine rings is 1. The summed E-state index contributed by atoms with van der Waals surface area (Å²) in [6, 6.07) is 7.09. The normalized spacial score (nSPS) is 26.4. The predicted molar refractivity (Wildman–Crippen MR) is 95.3 cm³/mol. The van der Waals surface area contributed by atoms with Gasteiger partial charge in [0.25, 0.3) is 0 Å². The van der Waals surface area contributed by atoms with Crippen molar-refractivity contribution < 1.29 is 9.53 Å². The van der Waals surface area contributed by atoms with E-state index in [4.69, 9.17) is 4.74 Å². The van der Waals surface area contributed by atoms with Gasteiger partial charge in [-0.1, -0.05) is 26.0 Å². The van der Waals surface area contributed by atoms with Crippen LogP contribution < -0.4 is 0 Å². The van der Waals surface area contributed by atoms with Crippen LogP contribution in [0.15, 0.2) is 18.2 Å². The summed E-state index contributed by atoms with van der Waals surface area (Å²) < 4.78 is 5.05. The summed E-state index contributed by atoms with van der Waals surface area (Å²) in [6.07, 6.45) is 3.03. The zero-order valence-electron chi connectivity index (χ0n) is 14.8. The number of carbonyl (C=O) groups is 1. The SMILES string of the molecule is CCc1[nH]c2cccc3c2c1C[C@@H]1[C@@H]3C[C@@H](C(=O)OC)CN1CC. The molecule has 0 amide bonds. The summed E-state index contributed by atoms with van der Waals surface area (Å²) in [7, 11) is 1.50. The number of rotatable bonds is 3. The molecule has 0 bridgehead atoms. The molecule has 4 heteroatoms. The van der Waals surface area contributed by atoms with Crippen molar-refractivity contribution in [2.75, 3.05) is 20.2 Å². The molecule has 128 valence electrons. The zero-order chi connectivity index (χ0) is 16.8. The largest absolute Gasteiger partial charge is 0.469 e. The molecule has 1 aromatic carbocycles. The highest BCUT2D eigenvalue weighted by Gasteiger charge is 2.43. The first-order valence-corrected chi connectivity index (χ1v) is 9.12. The molecule has 4 rings (SSSR count). The average molecular weight is 326 g/mol. The summed E-state index contributed by atoms with van der Waals surface area (Å²) in [6.45, 7) is 6.22. The molecule has 24 heavy (non-hydrogen) atoms. The lowest BCUT2D eigenvalue weighted by Gasteiger charge is -2.46. The Morgan fingerprint density at radius 2 is 2.21 bits per heavy atom. The van der Waals surface area contributed by atoms with Gasteiger partial charge in [0.1, 0.15) is 0 Å². The molecule has 1 aliphatic heterocycles. The number of aryl methyl sites for hydroxylation is 1. The molecule has 2 heterocycles. The Morgan fingerprint density at radius 1 is 1.38 bits per heavy atom. The second kappa shape index (κ2) is 5.92. The minimum absolute atomic E-state index is 0.0161. The molecule has 1 saturated heterocycles. The van der Waals surface area contributed by atoms with Gasteiger partial charge in [-0.25, -0.2) is 0 Å². The van der Waals surface area contributed by atoms with Gasteiger partial charge in [-0.05, 0) is 43.0 Å². The highest BCUT2D eigenvalue weighted by molar-refractivity contribution is 5.90. The molecule has 4 nitrogen and oxygen atoms in total. The maximum absolute atomic E-state index is 12.2. The molecular weight excluding hydrogens is 300 g/mol.